The molecule has 120 valence electrons. The fourth-order valence-electron chi connectivity index (χ4n) is 3.55. The van der Waals surface area contributed by atoms with E-state index in [-0.39, 0.29) is 6.10 Å². The van der Waals surface area contributed by atoms with Crippen LogP contribution in [0, 0.1) is 6.92 Å². The van der Waals surface area contributed by atoms with Crippen LogP contribution in [-0.2, 0) is 17.7 Å². The molecule has 0 bridgehead atoms. The van der Waals surface area contributed by atoms with E-state index in [1.165, 1.54) is 22.2 Å². The van der Waals surface area contributed by atoms with Crippen LogP contribution in [0.1, 0.15) is 18.2 Å². The first kappa shape index (κ1) is 15.5. The molecule has 3 rings (SSSR count). The van der Waals surface area contributed by atoms with E-state index in [0.29, 0.717) is 0 Å². The van der Waals surface area contributed by atoms with E-state index in [2.05, 4.69) is 47.6 Å². The zero-order valence-corrected chi connectivity index (χ0v) is 13.6. The summed E-state index contributed by atoms with van der Waals surface area (Å²) in [6, 6.07) is 8.51. The van der Waals surface area contributed by atoms with E-state index in [0.717, 1.165) is 45.8 Å². The first-order chi connectivity index (χ1) is 10.7. The number of hydrogen-bond acceptors (Lipinski definition) is 3. The number of rotatable bonds is 5. The normalized spacial score (nSPS) is 18.0. The number of nitrogens with zero attached hydrogens (tertiary/aromatic N) is 2. The second-order valence-corrected chi connectivity index (χ2v) is 6.10. The van der Waals surface area contributed by atoms with Crippen molar-refractivity contribution >= 4 is 10.9 Å². The van der Waals surface area contributed by atoms with Gasteiger partial charge in [0.15, 0.2) is 0 Å². The van der Waals surface area contributed by atoms with Crippen LogP contribution in [0.5, 0.6) is 0 Å². The molecule has 1 unspecified atom stereocenters. The third-order valence-corrected chi connectivity index (χ3v) is 4.69. The topological polar surface area (TPSA) is 37.6 Å². The molecule has 1 N–H and O–H groups in total. The standard InChI is InChI=1S/C18H26N2O2/c1-3-20-14(2)17(16-6-4-5-7-18(16)20)12-15(21)13-19-8-10-22-11-9-19/h4-7,15,21H,3,8-13H2,1-2H3. The molecule has 1 aromatic carbocycles. The van der Waals surface area contributed by atoms with Crippen molar-refractivity contribution in [2.75, 3.05) is 32.8 Å². The van der Waals surface area contributed by atoms with E-state index < -0.39 is 0 Å². The van der Waals surface area contributed by atoms with Crippen LogP contribution < -0.4 is 0 Å². The first-order valence-corrected chi connectivity index (χ1v) is 8.25. The Morgan fingerprint density at radius 1 is 1.23 bits per heavy atom. The number of aryl methyl sites for hydroxylation is 1. The Bertz CT molecular complexity index is 629. The number of β-amino-alcohol motifs (C(OH)–C–C–N with tert-alkyl or cyclic N) is 1. The summed E-state index contributed by atoms with van der Waals surface area (Å²) in [5.41, 5.74) is 3.85. The Morgan fingerprint density at radius 2 is 1.95 bits per heavy atom. The molecule has 0 amide bonds. The van der Waals surface area contributed by atoms with Gasteiger partial charge in [0.05, 0.1) is 19.3 Å². The van der Waals surface area contributed by atoms with Gasteiger partial charge in [-0.1, -0.05) is 18.2 Å². The Hall–Kier alpha value is -1.36. The van der Waals surface area contributed by atoms with Gasteiger partial charge in [-0.25, -0.2) is 0 Å². The minimum absolute atomic E-state index is 0.326. The average molecular weight is 302 g/mol. The van der Waals surface area contributed by atoms with Crippen LogP contribution in [0.25, 0.3) is 10.9 Å². The molecule has 22 heavy (non-hydrogen) atoms. The lowest BCUT2D eigenvalue weighted by atomic mass is 10.0. The maximum atomic E-state index is 10.5. The fourth-order valence-corrected chi connectivity index (χ4v) is 3.55. The van der Waals surface area contributed by atoms with Crippen molar-refractivity contribution in [2.24, 2.45) is 0 Å². The Kier molecular flexibility index (Phi) is 4.81. The average Bonchev–Trinajstić information content (AvgIpc) is 2.80. The van der Waals surface area contributed by atoms with E-state index >= 15 is 0 Å². The fraction of sp³-hybridized carbons (Fsp3) is 0.556. The highest BCUT2D eigenvalue weighted by Crippen LogP contribution is 2.27. The molecule has 0 saturated carbocycles. The smallest absolute Gasteiger partial charge is 0.0708 e. The number of aromatic nitrogens is 1. The van der Waals surface area contributed by atoms with Crippen LogP contribution >= 0.6 is 0 Å². The quantitative estimate of drug-likeness (QED) is 0.920. The van der Waals surface area contributed by atoms with Crippen LogP contribution in [0.3, 0.4) is 0 Å². The van der Waals surface area contributed by atoms with Gasteiger partial charge in [0.1, 0.15) is 0 Å². The highest BCUT2D eigenvalue weighted by Gasteiger charge is 2.19. The first-order valence-electron chi connectivity index (χ1n) is 8.25. The molecule has 2 aromatic rings. The predicted octanol–water partition coefficient (Wildman–Crippen LogP) is 2.21. The molecule has 0 radical (unpaired) electrons. The molecule has 1 aliphatic rings. The maximum absolute atomic E-state index is 10.5. The van der Waals surface area contributed by atoms with Crippen molar-refractivity contribution in [1.82, 2.24) is 9.47 Å². The zero-order chi connectivity index (χ0) is 15.5. The zero-order valence-electron chi connectivity index (χ0n) is 13.6. The molecule has 2 heterocycles. The minimum atomic E-state index is -0.326. The molecule has 0 spiro atoms. The monoisotopic (exact) mass is 302 g/mol. The van der Waals surface area contributed by atoms with E-state index in [4.69, 9.17) is 4.74 Å². The van der Waals surface area contributed by atoms with Gasteiger partial charge in [-0.05, 0) is 25.5 Å². The van der Waals surface area contributed by atoms with Gasteiger partial charge < -0.3 is 14.4 Å². The van der Waals surface area contributed by atoms with Gasteiger partial charge in [-0.15, -0.1) is 0 Å². The number of para-hydroxylation sites is 1. The van der Waals surface area contributed by atoms with E-state index in [1.807, 2.05) is 0 Å². The molecule has 1 atom stereocenters. The number of aliphatic hydroxyl groups excluding tert-OH is 1. The molecule has 1 aromatic heterocycles. The predicted molar refractivity (Wildman–Crippen MR) is 89.3 cm³/mol. The van der Waals surface area contributed by atoms with Crippen molar-refractivity contribution in [3.8, 4) is 0 Å². The van der Waals surface area contributed by atoms with Crippen molar-refractivity contribution in [3.05, 3.63) is 35.5 Å². The second kappa shape index (κ2) is 6.82. The summed E-state index contributed by atoms with van der Waals surface area (Å²) in [6.07, 6.45) is 0.393. The summed E-state index contributed by atoms with van der Waals surface area (Å²) in [6.45, 7) is 9.44. The third kappa shape index (κ3) is 3.05. The molecule has 1 fully saturated rings. The van der Waals surface area contributed by atoms with Gasteiger partial charge in [0.2, 0.25) is 0 Å². The molecule has 1 saturated heterocycles. The summed E-state index contributed by atoms with van der Waals surface area (Å²) in [5, 5.41) is 11.8. The lowest BCUT2D eigenvalue weighted by molar-refractivity contribution is 0.0149. The highest BCUT2D eigenvalue weighted by molar-refractivity contribution is 5.85. The minimum Gasteiger partial charge on any atom is -0.391 e. The summed E-state index contributed by atoms with van der Waals surface area (Å²) < 4.78 is 7.71. The van der Waals surface area contributed by atoms with E-state index in [9.17, 15) is 5.11 Å². The van der Waals surface area contributed by atoms with Crippen LogP contribution in [0.15, 0.2) is 24.3 Å². The van der Waals surface area contributed by atoms with Crippen molar-refractivity contribution in [2.45, 2.75) is 32.9 Å². The maximum Gasteiger partial charge on any atom is 0.0708 e. The van der Waals surface area contributed by atoms with Crippen LogP contribution in [0.4, 0.5) is 0 Å². The molecule has 0 aliphatic carbocycles. The van der Waals surface area contributed by atoms with Crippen LogP contribution in [0.2, 0.25) is 0 Å². The highest BCUT2D eigenvalue weighted by atomic mass is 16.5. The van der Waals surface area contributed by atoms with Gasteiger partial charge in [0, 0.05) is 49.2 Å². The second-order valence-electron chi connectivity index (χ2n) is 6.10. The molecule has 4 nitrogen and oxygen atoms in total. The van der Waals surface area contributed by atoms with Gasteiger partial charge in [-0.3, -0.25) is 4.90 Å². The van der Waals surface area contributed by atoms with Crippen molar-refractivity contribution in [3.63, 3.8) is 0 Å². The van der Waals surface area contributed by atoms with Crippen molar-refractivity contribution < 1.29 is 9.84 Å². The van der Waals surface area contributed by atoms with Gasteiger partial charge >= 0.3 is 0 Å². The summed E-state index contributed by atoms with van der Waals surface area (Å²) in [4.78, 5) is 2.29. The molecule has 1 aliphatic heterocycles. The lowest BCUT2D eigenvalue weighted by Crippen LogP contribution is -2.41. The number of hydrogen-bond donors (Lipinski definition) is 1. The number of fused-ring (bicyclic) bond motifs is 1. The molecular formula is C18H26N2O2. The molecule has 4 heteroatoms. The number of ether oxygens (including phenoxy) is 1. The number of aliphatic hydroxyl groups is 1. The molecular weight excluding hydrogens is 276 g/mol. The Morgan fingerprint density at radius 3 is 2.68 bits per heavy atom. The summed E-state index contributed by atoms with van der Waals surface area (Å²) in [7, 11) is 0. The van der Waals surface area contributed by atoms with E-state index in [1.54, 1.807) is 0 Å². The number of morpholine rings is 1. The Balaban J connectivity index is 1.79. The summed E-state index contributed by atoms with van der Waals surface area (Å²) in [5.74, 6) is 0. The Labute approximate surface area is 132 Å². The third-order valence-electron chi connectivity index (χ3n) is 4.69. The van der Waals surface area contributed by atoms with Crippen LogP contribution in [-0.4, -0.2) is 53.5 Å². The van der Waals surface area contributed by atoms with Gasteiger partial charge in [-0.2, -0.15) is 0 Å². The largest absolute Gasteiger partial charge is 0.391 e. The van der Waals surface area contributed by atoms with Crippen molar-refractivity contribution in [1.29, 1.82) is 0 Å². The lowest BCUT2D eigenvalue weighted by Gasteiger charge is -2.28. The number of benzene rings is 1. The van der Waals surface area contributed by atoms with Gasteiger partial charge in [0.25, 0.3) is 0 Å². The SMILES string of the molecule is CCn1c(C)c(CC(O)CN2CCOCC2)c2ccccc21. The summed E-state index contributed by atoms with van der Waals surface area (Å²) >= 11 is 0.